The summed E-state index contributed by atoms with van der Waals surface area (Å²) in [6, 6.07) is 0. The van der Waals surface area contributed by atoms with E-state index in [1.165, 1.54) is 0 Å². The first kappa shape index (κ1) is 10.1. The van der Waals surface area contributed by atoms with Crippen molar-refractivity contribution in [3.05, 3.63) is 23.1 Å². The van der Waals surface area contributed by atoms with Gasteiger partial charge >= 0.3 is 0 Å². The van der Waals surface area contributed by atoms with Gasteiger partial charge in [0.1, 0.15) is 3.41 Å². The molecular formula is C10H12S4. The van der Waals surface area contributed by atoms with E-state index >= 15 is 0 Å². The minimum atomic E-state index is 0.328. The van der Waals surface area contributed by atoms with E-state index in [-0.39, 0.29) is 0 Å². The van der Waals surface area contributed by atoms with Gasteiger partial charge in [-0.3, -0.25) is 0 Å². The third-order valence-corrected chi connectivity index (χ3v) is 9.30. The minimum Gasteiger partial charge on any atom is -0.134 e. The Bertz CT molecular complexity index is 322. The van der Waals surface area contributed by atoms with Gasteiger partial charge in [0.25, 0.3) is 0 Å². The highest BCUT2D eigenvalue weighted by Gasteiger charge is 2.53. The van der Waals surface area contributed by atoms with Crippen LogP contribution in [0.2, 0.25) is 0 Å². The molecule has 1 fully saturated rings. The molecular weight excluding hydrogens is 248 g/mol. The van der Waals surface area contributed by atoms with Gasteiger partial charge in [-0.2, -0.15) is 0 Å². The Morgan fingerprint density at radius 2 is 2.14 bits per heavy atom. The fourth-order valence-electron chi connectivity index (χ4n) is 2.25. The van der Waals surface area contributed by atoms with Crippen LogP contribution in [-0.4, -0.2) is 26.4 Å². The SMILES string of the molecule is CSC1=CC2(SC)SC3C=CC1C3S2. The summed E-state index contributed by atoms with van der Waals surface area (Å²) in [5, 5.41) is 1.58. The second-order valence-corrected chi connectivity index (χ2v) is 9.19. The van der Waals surface area contributed by atoms with Gasteiger partial charge in [-0.25, -0.2) is 0 Å². The molecule has 0 aromatic heterocycles. The largest absolute Gasteiger partial charge is 0.134 e. The maximum absolute atomic E-state index is 2.50. The van der Waals surface area contributed by atoms with Crippen molar-refractivity contribution in [3.63, 3.8) is 0 Å². The molecule has 0 N–H and O–H groups in total. The van der Waals surface area contributed by atoms with E-state index < -0.39 is 0 Å². The summed E-state index contributed by atoms with van der Waals surface area (Å²) in [5.74, 6) is 0.718. The van der Waals surface area contributed by atoms with Gasteiger partial charge in [-0.1, -0.05) is 12.2 Å². The second kappa shape index (κ2) is 3.44. The van der Waals surface area contributed by atoms with Crippen LogP contribution in [0, 0.1) is 5.92 Å². The maximum Gasteiger partial charge on any atom is 0.127 e. The van der Waals surface area contributed by atoms with Gasteiger partial charge < -0.3 is 0 Å². The molecule has 2 bridgehead atoms. The molecule has 3 aliphatic rings. The molecule has 0 radical (unpaired) electrons. The fraction of sp³-hybridized carbons (Fsp3) is 0.600. The molecule has 0 nitrogen and oxygen atoms in total. The van der Waals surface area contributed by atoms with E-state index in [9.17, 15) is 0 Å². The van der Waals surface area contributed by atoms with Crippen LogP contribution in [0.3, 0.4) is 0 Å². The topological polar surface area (TPSA) is 0 Å². The highest BCUT2D eigenvalue weighted by atomic mass is 32.3. The number of hydrogen-bond donors (Lipinski definition) is 0. The molecule has 4 unspecified atom stereocenters. The Kier molecular flexibility index (Phi) is 2.47. The lowest BCUT2D eigenvalue weighted by atomic mass is 10.1. The maximum atomic E-state index is 2.50. The molecule has 14 heavy (non-hydrogen) atoms. The summed E-state index contributed by atoms with van der Waals surface area (Å²) >= 11 is 8.24. The van der Waals surface area contributed by atoms with Crippen molar-refractivity contribution in [3.8, 4) is 0 Å². The average Bonchev–Trinajstić information content (AvgIpc) is 2.69. The smallest absolute Gasteiger partial charge is 0.127 e. The molecule has 0 spiro atoms. The lowest BCUT2D eigenvalue weighted by Gasteiger charge is -2.31. The predicted molar refractivity (Wildman–Crippen MR) is 73.2 cm³/mol. The summed E-state index contributed by atoms with van der Waals surface area (Å²) in [4.78, 5) is 1.59. The van der Waals surface area contributed by atoms with Crippen molar-refractivity contribution >= 4 is 47.0 Å². The predicted octanol–water partition coefficient (Wildman–Crippen LogP) is 3.67. The first-order valence-corrected chi connectivity index (χ1v) is 8.85. The highest BCUT2D eigenvalue weighted by Crippen LogP contribution is 2.67. The average molecular weight is 260 g/mol. The number of allylic oxidation sites excluding steroid dienone is 2. The van der Waals surface area contributed by atoms with Crippen molar-refractivity contribution < 1.29 is 0 Å². The molecule has 0 aromatic carbocycles. The third kappa shape index (κ3) is 1.27. The van der Waals surface area contributed by atoms with E-state index in [0.29, 0.717) is 3.41 Å². The molecule has 4 heteroatoms. The first-order valence-electron chi connectivity index (χ1n) is 4.64. The molecule has 2 heterocycles. The zero-order valence-electron chi connectivity index (χ0n) is 8.10. The van der Waals surface area contributed by atoms with Crippen LogP contribution in [0.1, 0.15) is 0 Å². The first-order chi connectivity index (χ1) is 6.78. The molecule has 3 rings (SSSR count). The van der Waals surface area contributed by atoms with Crippen LogP contribution in [0.4, 0.5) is 0 Å². The van der Waals surface area contributed by atoms with Gasteiger partial charge in [0, 0.05) is 16.4 Å². The molecule has 0 saturated carbocycles. The minimum absolute atomic E-state index is 0.328. The van der Waals surface area contributed by atoms with Gasteiger partial charge in [0.2, 0.25) is 0 Å². The number of rotatable bonds is 2. The van der Waals surface area contributed by atoms with Gasteiger partial charge in [0.05, 0.1) is 0 Å². The molecule has 0 aromatic rings. The summed E-state index contributed by atoms with van der Waals surface area (Å²) in [7, 11) is 0. The summed E-state index contributed by atoms with van der Waals surface area (Å²) in [6.07, 6.45) is 11.8. The van der Waals surface area contributed by atoms with Crippen LogP contribution in [0.5, 0.6) is 0 Å². The van der Waals surface area contributed by atoms with Crippen molar-refractivity contribution in [2.75, 3.05) is 12.5 Å². The van der Waals surface area contributed by atoms with Crippen LogP contribution in [0.15, 0.2) is 23.1 Å². The molecule has 0 amide bonds. The Labute approximate surface area is 102 Å². The van der Waals surface area contributed by atoms with Gasteiger partial charge in [-0.05, 0) is 23.5 Å². The lowest BCUT2D eigenvalue weighted by molar-refractivity contribution is 0.792. The Morgan fingerprint density at radius 1 is 1.29 bits per heavy atom. The standard InChI is InChI=1S/C10H12S4/c1-11-8-5-10(12-2)13-7-4-3-6(8)9(7)14-10/h3-7,9H,1-2H3. The molecule has 2 aliphatic heterocycles. The van der Waals surface area contributed by atoms with E-state index in [0.717, 1.165) is 16.4 Å². The Balaban J connectivity index is 2.05. The van der Waals surface area contributed by atoms with E-state index in [4.69, 9.17) is 0 Å². The van der Waals surface area contributed by atoms with Crippen LogP contribution in [-0.2, 0) is 0 Å². The molecule has 1 saturated heterocycles. The summed E-state index contributed by atoms with van der Waals surface area (Å²) in [5.41, 5.74) is 0. The van der Waals surface area contributed by atoms with E-state index in [1.807, 2.05) is 23.5 Å². The van der Waals surface area contributed by atoms with Crippen LogP contribution in [0.25, 0.3) is 0 Å². The van der Waals surface area contributed by atoms with E-state index in [2.05, 4.69) is 54.3 Å². The van der Waals surface area contributed by atoms with Crippen LogP contribution >= 0.6 is 47.0 Å². The normalized spacial score (nSPS) is 48.4. The quantitative estimate of drug-likeness (QED) is 0.695. The van der Waals surface area contributed by atoms with Gasteiger partial charge in [-0.15, -0.1) is 47.0 Å². The Morgan fingerprint density at radius 3 is 2.86 bits per heavy atom. The lowest BCUT2D eigenvalue weighted by Crippen LogP contribution is -2.22. The van der Waals surface area contributed by atoms with Crippen molar-refractivity contribution in [1.29, 1.82) is 0 Å². The number of thioether (sulfide) groups is 4. The molecule has 1 aliphatic carbocycles. The summed E-state index contributed by atoms with van der Waals surface area (Å²) < 4.78 is 0.328. The third-order valence-electron chi connectivity index (χ3n) is 2.95. The van der Waals surface area contributed by atoms with E-state index in [1.54, 1.807) is 4.91 Å². The number of hydrogen-bond acceptors (Lipinski definition) is 4. The van der Waals surface area contributed by atoms with Crippen LogP contribution < -0.4 is 0 Å². The highest BCUT2D eigenvalue weighted by molar-refractivity contribution is 8.36. The van der Waals surface area contributed by atoms with Crippen molar-refractivity contribution in [1.82, 2.24) is 0 Å². The number of fused-ring (bicyclic) bond motifs is 1. The van der Waals surface area contributed by atoms with Crippen molar-refractivity contribution in [2.24, 2.45) is 5.92 Å². The van der Waals surface area contributed by atoms with Gasteiger partial charge in [0.15, 0.2) is 0 Å². The molecule has 76 valence electrons. The Hall–Kier alpha value is 0.880. The summed E-state index contributed by atoms with van der Waals surface area (Å²) in [6.45, 7) is 0. The molecule has 4 atom stereocenters. The zero-order valence-corrected chi connectivity index (χ0v) is 11.4. The second-order valence-electron chi connectivity index (χ2n) is 3.63. The fourth-order valence-corrected chi connectivity index (χ4v) is 8.49. The zero-order chi connectivity index (χ0) is 9.76. The monoisotopic (exact) mass is 260 g/mol. The van der Waals surface area contributed by atoms with Crippen molar-refractivity contribution in [2.45, 2.75) is 13.9 Å².